The summed E-state index contributed by atoms with van der Waals surface area (Å²) in [6.45, 7) is 3.68. The van der Waals surface area contributed by atoms with Gasteiger partial charge in [0, 0.05) is 25.3 Å². The van der Waals surface area contributed by atoms with E-state index in [0.29, 0.717) is 5.41 Å². The maximum Gasteiger partial charge on any atom is 0.219 e. The first-order chi connectivity index (χ1) is 6.18. The van der Waals surface area contributed by atoms with Gasteiger partial charge in [0.05, 0.1) is 0 Å². The quantitative estimate of drug-likeness (QED) is 0.648. The van der Waals surface area contributed by atoms with E-state index in [1.807, 2.05) is 4.90 Å². The van der Waals surface area contributed by atoms with Gasteiger partial charge >= 0.3 is 0 Å². The van der Waals surface area contributed by atoms with Gasteiger partial charge in [-0.1, -0.05) is 15.9 Å². The van der Waals surface area contributed by atoms with Crippen LogP contribution in [-0.2, 0) is 4.79 Å². The van der Waals surface area contributed by atoms with E-state index in [-0.39, 0.29) is 5.91 Å². The largest absolute Gasteiger partial charge is 0.342 e. The number of alkyl halides is 1. The molecule has 2 atom stereocenters. The van der Waals surface area contributed by atoms with Gasteiger partial charge in [0.25, 0.3) is 0 Å². The van der Waals surface area contributed by atoms with Crippen molar-refractivity contribution in [1.82, 2.24) is 4.90 Å². The number of piperidine rings is 1. The van der Waals surface area contributed by atoms with Crippen LogP contribution in [0.15, 0.2) is 0 Å². The zero-order valence-electron chi connectivity index (χ0n) is 8.05. The molecule has 1 spiro atoms. The first-order valence-corrected chi connectivity index (χ1v) is 6.11. The van der Waals surface area contributed by atoms with Crippen molar-refractivity contribution in [3.8, 4) is 0 Å². The van der Waals surface area contributed by atoms with Gasteiger partial charge < -0.3 is 4.90 Å². The molecule has 2 nitrogen and oxygen atoms in total. The van der Waals surface area contributed by atoms with Crippen LogP contribution in [0.1, 0.15) is 26.2 Å². The Morgan fingerprint density at radius 3 is 3.00 bits per heavy atom. The van der Waals surface area contributed by atoms with Crippen molar-refractivity contribution < 1.29 is 4.79 Å². The van der Waals surface area contributed by atoms with Gasteiger partial charge in [-0.05, 0) is 30.6 Å². The summed E-state index contributed by atoms with van der Waals surface area (Å²) in [6, 6.07) is 0. The second-order valence-electron chi connectivity index (χ2n) is 4.46. The number of rotatable bonds is 1. The van der Waals surface area contributed by atoms with Crippen molar-refractivity contribution in [1.29, 1.82) is 0 Å². The number of carbonyl (C=O) groups is 1. The van der Waals surface area contributed by atoms with E-state index in [2.05, 4.69) is 15.9 Å². The van der Waals surface area contributed by atoms with Gasteiger partial charge in [-0.3, -0.25) is 4.79 Å². The fraction of sp³-hybridized carbons (Fsp3) is 0.900. The highest BCUT2D eigenvalue weighted by Gasteiger charge is 2.54. The van der Waals surface area contributed by atoms with E-state index in [0.717, 1.165) is 24.3 Å². The van der Waals surface area contributed by atoms with Gasteiger partial charge in [-0.15, -0.1) is 0 Å². The summed E-state index contributed by atoms with van der Waals surface area (Å²) in [5, 5.41) is 1.11. The topological polar surface area (TPSA) is 20.3 Å². The second kappa shape index (κ2) is 3.26. The minimum absolute atomic E-state index is 0.249. The molecule has 0 aromatic carbocycles. The average molecular weight is 246 g/mol. The average Bonchev–Trinajstić information content (AvgIpc) is 2.78. The van der Waals surface area contributed by atoms with Crippen LogP contribution in [0.5, 0.6) is 0 Å². The predicted molar refractivity (Wildman–Crippen MR) is 55.8 cm³/mol. The Balaban J connectivity index is 1.98. The third-order valence-electron chi connectivity index (χ3n) is 3.60. The Bertz CT molecular complexity index is 231. The number of halogens is 1. The van der Waals surface area contributed by atoms with Gasteiger partial charge in [0.2, 0.25) is 5.91 Å². The van der Waals surface area contributed by atoms with Crippen molar-refractivity contribution >= 4 is 21.8 Å². The summed E-state index contributed by atoms with van der Waals surface area (Å²) in [4.78, 5) is 13.2. The molecule has 1 heterocycles. The molecule has 2 rings (SSSR count). The van der Waals surface area contributed by atoms with Crippen LogP contribution in [0.2, 0.25) is 0 Å². The zero-order valence-corrected chi connectivity index (χ0v) is 9.64. The molecule has 2 fully saturated rings. The minimum Gasteiger partial charge on any atom is -0.342 e. The minimum atomic E-state index is 0.249. The lowest BCUT2D eigenvalue weighted by Gasteiger charge is -2.33. The van der Waals surface area contributed by atoms with Crippen LogP contribution in [-0.4, -0.2) is 29.2 Å². The number of carbonyl (C=O) groups excluding carboxylic acids is 1. The molecule has 2 unspecified atom stereocenters. The molecule has 3 heteroatoms. The monoisotopic (exact) mass is 245 g/mol. The molecular formula is C10H16BrNO. The number of nitrogens with zero attached hydrogens (tertiary/aromatic N) is 1. The van der Waals surface area contributed by atoms with Crippen LogP contribution in [0, 0.1) is 11.3 Å². The lowest BCUT2D eigenvalue weighted by Crippen LogP contribution is -2.40. The van der Waals surface area contributed by atoms with Gasteiger partial charge in [0.15, 0.2) is 0 Å². The van der Waals surface area contributed by atoms with Crippen LogP contribution < -0.4 is 0 Å². The third-order valence-corrected chi connectivity index (χ3v) is 4.38. The molecule has 1 aliphatic carbocycles. The van der Waals surface area contributed by atoms with Crippen LogP contribution in [0.25, 0.3) is 0 Å². The van der Waals surface area contributed by atoms with Crippen molar-refractivity contribution in [3.05, 3.63) is 0 Å². The first-order valence-electron chi connectivity index (χ1n) is 4.99. The van der Waals surface area contributed by atoms with Crippen molar-refractivity contribution in [2.45, 2.75) is 26.2 Å². The lowest BCUT2D eigenvalue weighted by atomic mass is 9.93. The summed E-state index contributed by atoms with van der Waals surface area (Å²) >= 11 is 3.54. The van der Waals surface area contributed by atoms with Crippen molar-refractivity contribution in [3.63, 3.8) is 0 Å². The highest BCUT2D eigenvalue weighted by Crippen LogP contribution is 2.58. The van der Waals surface area contributed by atoms with E-state index in [9.17, 15) is 4.79 Å². The maximum absolute atomic E-state index is 11.2. The second-order valence-corrected chi connectivity index (χ2v) is 5.11. The van der Waals surface area contributed by atoms with Crippen LogP contribution >= 0.6 is 15.9 Å². The Morgan fingerprint density at radius 2 is 2.46 bits per heavy atom. The van der Waals surface area contributed by atoms with Gasteiger partial charge in [-0.2, -0.15) is 0 Å². The smallest absolute Gasteiger partial charge is 0.219 e. The standard InChI is InChI=1S/C10H16BrNO/c1-8(13)12-4-2-3-10(7-12)5-9(10)6-11/h9H,2-7H2,1H3. The lowest BCUT2D eigenvalue weighted by molar-refractivity contribution is -0.131. The fourth-order valence-corrected chi connectivity index (χ4v) is 3.49. The van der Waals surface area contributed by atoms with Crippen LogP contribution in [0.3, 0.4) is 0 Å². The summed E-state index contributed by atoms with van der Waals surface area (Å²) in [6.07, 6.45) is 3.85. The maximum atomic E-state index is 11.2. The van der Waals surface area contributed by atoms with Crippen LogP contribution in [0.4, 0.5) is 0 Å². The Labute approximate surface area is 87.8 Å². The molecule has 2 aliphatic rings. The summed E-state index contributed by atoms with van der Waals surface area (Å²) in [7, 11) is 0. The first kappa shape index (κ1) is 9.50. The SMILES string of the molecule is CC(=O)N1CCCC2(CC2CBr)C1. The summed E-state index contributed by atoms with van der Waals surface area (Å²) < 4.78 is 0. The summed E-state index contributed by atoms with van der Waals surface area (Å²) in [5.74, 6) is 1.08. The molecule has 13 heavy (non-hydrogen) atoms. The van der Waals surface area contributed by atoms with Gasteiger partial charge in [-0.25, -0.2) is 0 Å². The predicted octanol–water partition coefficient (Wildman–Crippen LogP) is 2.03. The number of amides is 1. The normalized spacial score (nSPS) is 38.0. The zero-order chi connectivity index (χ0) is 9.47. The molecule has 1 aliphatic heterocycles. The molecule has 1 saturated carbocycles. The Morgan fingerprint density at radius 1 is 1.69 bits per heavy atom. The molecule has 1 saturated heterocycles. The van der Waals surface area contributed by atoms with E-state index < -0.39 is 0 Å². The van der Waals surface area contributed by atoms with Gasteiger partial charge in [0.1, 0.15) is 0 Å². The molecule has 74 valence electrons. The van der Waals surface area contributed by atoms with E-state index >= 15 is 0 Å². The molecule has 0 N–H and O–H groups in total. The molecule has 0 aromatic heterocycles. The van der Waals surface area contributed by atoms with E-state index in [1.165, 1.54) is 19.3 Å². The summed E-state index contributed by atoms with van der Waals surface area (Å²) in [5.41, 5.74) is 0.507. The molecule has 1 amide bonds. The molecule has 0 aromatic rings. The van der Waals surface area contributed by atoms with E-state index in [4.69, 9.17) is 0 Å². The highest BCUT2D eigenvalue weighted by atomic mass is 79.9. The highest BCUT2D eigenvalue weighted by molar-refractivity contribution is 9.09. The third kappa shape index (κ3) is 1.63. The number of hydrogen-bond acceptors (Lipinski definition) is 1. The number of hydrogen-bond donors (Lipinski definition) is 0. The van der Waals surface area contributed by atoms with Crippen molar-refractivity contribution in [2.75, 3.05) is 18.4 Å². The fourth-order valence-electron chi connectivity index (χ4n) is 2.58. The Hall–Kier alpha value is -0.0500. The Kier molecular flexibility index (Phi) is 2.39. The molecular weight excluding hydrogens is 230 g/mol. The number of likely N-dealkylation sites (tertiary alicyclic amines) is 1. The van der Waals surface area contributed by atoms with Crippen molar-refractivity contribution in [2.24, 2.45) is 11.3 Å². The molecule has 0 radical (unpaired) electrons. The molecule has 0 bridgehead atoms. The van der Waals surface area contributed by atoms with E-state index in [1.54, 1.807) is 6.92 Å².